The van der Waals surface area contributed by atoms with Gasteiger partial charge in [-0.05, 0) is 19.3 Å². The van der Waals surface area contributed by atoms with Gasteiger partial charge in [-0.3, -0.25) is 4.79 Å². The highest BCUT2D eigenvalue weighted by molar-refractivity contribution is 9.09. The summed E-state index contributed by atoms with van der Waals surface area (Å²) in [5, 5.41) is 1.00. The molecule has 0 aromatic heterocycles. The number of alkyl halides is 1. The van der Waals surface area contributed by atoms with Crippen molar-refractivity contribution in [3.05, 3.63) is 0 Å². The van der Waals surface area contributed by atoms with Gasteiger partial charge in [-0.25, -0.2) is 0 Å². The minimum atomic E-state index is 0.338. The Morgan fingerprint density at radius 3 is 2.81 bits per heavy atom. The first kappa shape index (κ1) is 14.4. The number of carbonyl (C=O) groups is 1. The van der Waals surface area contributed by atoms with Gasteiger partial charge in [-0.1, -0.05) is 29.8 Å². The van der Waals surface area contributed by atoms with Crippen molar-refractivity contribution in [2.75, 3.05) is 24.2 Å². The summed E-state index contributed by atoms with van der Waals surface area (Å²) < 4.78 is 0.338. The Balaban J connectivity index is 2.33. The topological polar surface area (TPSA) is 20.3 Å². The van der Waals surface area contributed by atoms with Crippen LogP contribution in [0.3, 0.4) is 0 Å². The molecule has 0 atom stereocenters. The van der Waals surface area contributed by atoms with Crippen molar-refractivity contribution in [2.24, 2.45) is 0 Å². The molecule has 2 nitrogen and oxygen atoms in total. The van der Waals surface area contributed by atoms with E-state index >= 15 is 0 Å². The van der Waals surface area contributed by atoms with E-state index in [1.807, 2.05) is 11.8 Å². The second-order valence-electron chi connectivity index (χ2n) is 4.89. The van der Waals surface area contributed by atoms with Gasteiger partial charge in [0.25, 0.3) is 0 Å². The standard InChI is InChI=1S/C12H22BrNOS/c1-12(2)6-8-14(9-10-16-12)11(15)5-3-4-7-13/h3-10H2,1-2H3. The number of carbonyl (C=O) groups excluding carboxylic acids is 1. The van der Waals surface area contributed by atoms with Gasteiger partial charge >= 0.3 is 0 Å². The largest absolute Gasteiger partial charge is 0.342 e. The predicted octanol–water partition coefficient (Wildman–Crippen LogP) is 3.30. The summed E-state index contributed by atoms with van der Waals surface area (Å²) in [5.74, 6) is 1.43. The van der Waals surface area contributed by atoms with Gasteiger partial charge in [-0.2, -0.15) is 11.8 Å². The van der Waals surface area contributed by atoms with Gasteiger partial charge in [0, 0.05) is 35.3 Å². The SMILES string of the molecule is CC1(C)CCN(C(=O)CCCCBr)CCS1. The van der Waals surface area contributed by atoms with Gasteiger partial charge in [0.05, 0.1) is 0 Å². The molecule has 0 N–H and O–H groups in total. The fourth-order valence-corrected chi connectivity index (χ4v) is 3.29. The van der Waals surface area contributed by atoms with E-state index in [2.05, 4.69) is 34.7 Å². The Hall–Kier alpha value is 0.300. The van der Waals surface area contributed by atoms with Crippen LogP contribution in [0.2, 0.25) is 0 Å². The number of unbranched alkanes of at least 4 members (excludes halogenated alkanes) is 1. The highest BCUT2D eigenvalue weighted by atomic mass is 79.9. The summed E-state index contributed by atoms with van der Waals surface area (Å²) in [5.41, 5.74) is 0. The van der Waals surface area contributed by atoms with Crippen LogP contribution in [-0.2, 0) is 4.79 Å². The minimum Gasteiger partial charge on any atom is -0.342 e. The molecule has 0 bridgehead atoms. The van der Waals surface area contributed by atoms with E-state index < -0.39 is 0 Å². The zero-order valence-corrected chi connectivity index (χ0v) is 12.7. The average molecular weight is 308 g/mol. The van der Waals surface area contributed by atoms with Crippen LogP contribution in [0.5, 0.6) is 0 Å². The fraction of sp³-hybridized carbons (Fsp3) is 0.917. The number of rotatable bonds is 4. The van der Waals surface area contributed by atoms with Crippen LogP contribution >= 0.6 is 27.7 Å². The highest BCUT2D eigenvalue weighted by Crippen LogP contribution is 2.30. The molecular formula is C12H22BrNOS. The summed E-state index contributed by atoms with van der Waals surface area (Å²) in [7, 11) is 0. The van der Waals surface area contributed by atoms with Crippen LogP contribution in [0.4, 0.5) is 0 Å². The molecule has 16 heavy (non-hydrogen) atoms. The van der Waals surface area contributed by atoms with Gasteiger partial charge in [0.2, 0.25) is 5.91 Å². The lowest BCUT2D eigenvalue weighted by atomic mass is 10.1. The maximum atomic E-state index is 11.9. The molecule has 1 heterocycles. The molecule has 1 fully saturated rings. The first-order chi connectivity index (χ1) is 7.55. The van der Waals surface area contributed by atoms with E-state index in [1.165, 1.54) is 0 Å². The van der Waals surface area contributed by atoms with Crippen molar-refractivity contribution in [1.29, 1.82) is 0 Å². The number of thioether (sulfide) groups is 1. The molecule has 0 spiro atoms. The van der Waals surface area contributed by atoms with Crippen molar-refractivity contribution in [3.8, 4) is 0 Å². The van der Waals surface area contributed by atoms with Crippen LogP contribution in [-0.4, -0.2) is 39.7 Å². The molecule has 1 amide bonds. The fourth-order valence-electron chi connectivity index (χ4n) is 1.80. The Bertz CT molecular complexity index is 233. The van der Waals surface area contributed by atoms with E-state index in [4.69, 9.17) is 0 Å². The molecule has 0 unspecified atom stereocenters. The third-order valence-corrected chi connectivity index (χ3v) is 4.90. The first-order valence-electron chi connectivity index (χ1n) is 6.03. The predicted molar refractivity (Wildman–Crippen MR) is 75.4 cm³/mol. The summed E-state index contributed by atoms with van der Waals surface area (Å²) >= 11 is 5.38. The van der Waals surface area contributed by atoms with Crippen LogP contribution in [0.15, 0.2) is 0 Å². The van der Waals surface area contributed by atoms with Crippen molar-refractivity contribution in [2.45, 2.75) is 44.3 Å². The average Bonchev–Trinajstić information content (AvgIpc) is 2.39. The first-order valence-corrected chi connectivity index (χ1v) is 8.13. The number of hydrogen-bond acceptors (Lipinski definition) is 2. The molecule has 1 saturated heterocycles. The molecular weight excluding hydrogens is 286 g/mol. The van der Waals surface area contributed by atoms with Crippen LogP contribution < -0.4 is 0 Å². The van der Waals surface area contributed by atoms with Crippen LogP contribution in [0, 0.1) is 0 Å². The molecule has 1 rings (SSSR count). The zero-order valence-electron chi connectivity index (χ0n) is 10.3. The Kier molecular flexibility index (Phi) is 6.19. The summed E-state index contributed by atoms with van der Waals surface area (Å²) in [6, 6.07) is 0. The molecule has 0 saturated carbocycles. The number of nitrogens with zero attached hydrogens (tertiary/aromatic N) is 1. The molecule has 0 aliphatic carbocycles. The molecule has 0 radical (unpaired) electrons. The normalized spacial score (nSPS) is 20.6. The molecule has 4 heteroatoms. The van der Waals surface area contributed by atoms with Gasteiger partial charge in [0.1, 0.15) is 0 Å². The summed E-state index contributed by atoms with van der Waals surface area (Å²) in [4.78, 5) is 14.0. The van der Waals surface area contributed by atoms with E-state index in [0.717, 1.165) is 49.9 Å². The summed E-state index contributed by atoms with van der Waals surface area (Å²) in [6.45, 7) is 6.42. The van der Waals surface area contributed by atoms with Crippen molar-refractivity contribution >= 4 is 33.6 Å². The van der Waals surface area contributed by atoms with E-state index in [9.17, 15) is 4.79 Å². The minimum absolute atomic E-state index is 0.338. The molecule has 0 aromatic carbocycles. The van der Waals surface area contributed by atoms with E-state index in [0.29, 0.717) is 10.7 Å². The van der Waals surface area contributed by atoms with E-state index in [1.54, 1.807) is 0 Å². The third-order valence-electron chi connectivity index (χ3n) is 2.96. The smallest absolute Gasteiger partial charge is 0.222 e. The van der Waals surface area contributed by atoms with Crippen LogP contribution in [0.25, 0.3) is 0 Å². The van der Waals surface area contributed by atoms with Gasteiger partial charge in [0.15, 0.2) is 0 Å². The Morgan fingerprint density at radius 2 is 2.12 bits per heavy atom. The molecule has 94 valence electrons. The zero-order chi connectivity index (χ0) is 12.0. The Labute approximate surface area is 112 Å². The number of halogens is 1. The third kappa shape index (κ3) is 5.09. The molecule has 1 aliphatic heterocycles. The van der Waals surface area contributed by atoms with Crippen molar-refractivity contribution < 1.29 is 4.79 Å². The maximum Gasteiger partial charge on any atom is 0.222 e. The van der Waals surface area contributed by atoms with Gasteiger partial charge < -0.3 is 4.90 Å². The lowest BCUT2D eigenvalue weighted by Crippen LogP contribution is -2.33. The van der Waals surface area contributed by atoms with E-state index in [-0.39, 0.29) is 0 Å². The Morgan fingerprint density at radius 1 is 1.38 bits per heavy atom. The van der Waals surface area contributed by atoms with Crippen molar-refractivity contribution in [3.63, 3.8) is 0 Å². The number of amides is 1. The highest BCUT2D eigenvalue weighted by Gasteiger charge is 2.25. The van der Waals surface area contributed by atoms with Crippen molar-refractivity contribution in [1.82, 2.24) is 4.90 Å². The number of hydrogen-bond donors (Lipinski definition) is 0. The molecule has 0 aromatic rings. The van der Waals surface area contributed by atoms with Crippen LogP contribution in [0.1, 0.15) is 39.5 Å². The van der Waals surface area contributed by atoms with Gasteiger partial charge in [-0.15, -0.1) is 0 Å². The monoisotopic (exact) mass is 307 g/mol. The maximum absolute atomic E-state index is 11.9. The lowest BCUT2D eigenvalue weighted by Gasteiger charge is -2.22. The second kappa shape index (κ2) is 6.90. The quantitative estimate of drug-likeness (QED) is 0.587. The second-order valence-corrected chi connectivity index (χ2v) is 7.48. The lowest BCUT2D eigenvalue weighted by molar-refractivity contribution is -0.131. The summed E-state index contributed by atoms with van der Waals surface area (Å²) in [6.07, 6.45) is 3.94. The molecule has 1 aliphatic rings.